The second-order valence-electron chi connectivity index (χ2n) is 6.14. The highest BCUT2D eigenvalue weighted by Crippen LogP contribution is 2.27. The molecule has 4 heteroatoms. The van der Waals surface area contributed by atoms with Crippen molar-refractivity contribution in [1.82, 2.24) is 0 Å². The van der Waals surface area contributed by atoms with E-state index in [1.54, 1.807) is 25.3 Å². The molecule has 0 aromatic heterocycles. The standard InChI is InChI=1S/C18H24O4/c1-12-5-4-6-16(9-12)22-18(20)11-15-10-14(13(2)19)7-8-17(15)21-3/h7-8,10,12,16H,4-6,9,11H2,1-3H3. The molecule has 1 aromatic rings. The van der Waals surface area contributed by atoms with Crippen molar-refractivity contribution >= 4 is 11.8 Å². The van der Waals surface area contributed by atoms with Gasteiger partial charge < -0.3 is 9.47 Å². The minimum Gasteiger partial charge on any atom is -0.496 e. The van der Waals surface area contributed by atoms with Crippen LogP contribution in [0.3, 0.4) is 0 Å². The highest BCUT2D eigenvalue weighted by molar-refractivity contribution is 5.94. The zero-order chi connectivity index (χ0) is 16.1. The van der Waals surface area contributed by atoms with E-state index >= 15 is 0 Å². The molecule has 22 heavy (non-hydrogen) atoms. The molecule has 0 spiro atoms. The molecule has 0 saturated heterocycles. The third-order valence-electron chi connectivity index (χ3n) is 4.21. The molecule has 0 radical (unpaired) electrons. The average Bonchev–Trinajstić information content (AvgIpc) is 2.47. The fourth-order valence-corrected chi connectivity index (χ4v) is 3.00. The Balaban J connectivity index is 2.03. The van der Waals surface area contributed by atoms with Crippen LogP contribution in [0.5, 0.6) is 5.75 Å². The number of esters is 1. The summed E-state index contributed by atoms with van der Waals surface area (Å²) in [5.41, 5.74) is 1.28. The molecule has 1 saturated carbocycles. The zero-order valence-corrected chi connectivity index (χ0v) is 13.6. The number of benzene rings is 1. The second kappa shape index (κ2) is 7.43. The van der Waals surface area contributed by atoms with Crippen LogP contribution in [-0.2, 0) is 16.0 Å². The van der Waals surface area contributed by atoms with Crippen molar-refractivity contribution in [2.45, 2.75) is 52.1 Å². The van der Waals surface area contributed by atoms with E-state index in [2.05, 4.69) is 6.92 Å². The van der Waals surface area contributed by atoms with Gasteiger partial charge in [-0.15, -0.1) is 0 Å². The number of carbonyl (C=O) groups excluding carboxylic acids is 2. The molecular formula is C18H24O4. The Morgan fingerprint density at radius 2 is 2.05 bits per heavy atom. The smallest absolute Gasteiger partial charge is 0.310 e. The first kappa shape index (κ1) is 16.5. The molecule has 120 valence electrons. The zero-order valence-electron chi connectivity index (χ0n) is 13.6. The van der Waals surface area contributed by atoms with Gasteiger partial charge in [0.05, 0.1) is 13.5 Å². The summed E-state index contributed by atoms with van der Waals surface area (Å²) in [6.45, 7) is 3.70. The third-order valence-corrected chi connectivity index (χ3v) is 4.21. The molecule has 0 N–H and O–H groups in total. The van der Waals surface area contributed by atoms with E-state index in [4.69, 9.17) is 9.47 Å². The first-order valence-electron chi connectivity index (χ1n) is 7.87. The number of hydrogen-bond acceptors (Lipinski definition) is 4. The molecule has 1 aliphatic rings. The van der Waals surface area contributed by atoms with Crippen LogP contribution >= 0.6 is 0 Å². The molecule has 4 nitrogen and oxygen atoms in total. The number of ketones is 1. The maximum atomic E-state index is 12.2. The van der Waals surface area contributed by atoms with Gasteiger partial charge >= 0.3 is 5.97 Å². The normalized spacial score (nSPS) is 21.2. The molecule has 1 aromatic carbocycles. The Labute approximate surface area is 131 Å². The van der Waals surface area contributed by atoms with Gasteiger partial charge in [-0.2, -0.15) is 0 Å². The van der Waals surface area contributed by atoms with Gasteiger partial charge in [0.15, 0.2) is 5.78 Å². The fraction of sp³-hybridized carbons (Fsp3) is 0.556. The van der Waals surface area contributed by atoms with Crippen molar-refractivity contribution in [3.05, 3.63) is 29.3 Å². The van der Waals surface area contributed by atoms with Gasteiger partial charge in [0.1, 0.15) is 11.9 Å². The number of hydrogen-bond donors (Lipinski definition) is 0. The monoisotopic (exact) mass is 304 g/mol. The molecular weight excluding hydrogens is 280 g/mol. The van der Waals surface area contributed by atoms with Crippen LogP contribution in [0.2, 0.25) is 0 Å². The van der Waals surface area contributed by atoms with Crippen molar-refractivity contribution in [2.24, 2.45) is 5.92 Å². The lowest BCUT2D eigenvalue weighted by molar-refractivity contribution is -0.150. The van der Waals surface area contributed by atoms with Crippen molar-refractivity contribution in [1.29, 1.82) is 0 Å². The third kappa shape index (κ3) is 4.33. The van der Waals surface area contributed by atoms with E-state index in [1.807, 2.05) is 0 Å². The minimum absolute atomic E-state index is 0.0261. The number of rotatable bonds is 5. The van der Waals surface area contributed by atoms with Gasteiger partial charge in [0.25, 0.3) is 0 Å². The summed E-state index contributed by atoms with van der Waals surface area (Å²) in [5.74, 6) is 0.942. The van der Waals surface area contributed by atoms with Gasteiger partial charge in [-0.3, -0.25) is 9.59 Å². The predicted octanol–water partition coefficient (Wildman–Crippen LogP) is 3.56. The molecule has 2 unspecified atom stereocenters. The van der Waals surface area contributed by atoms with Gasteiger partial charge in [0, 0.05) is 11.1 Å². The first-order chi connectivity index (χ1) is 10.5. The molecule has 1 aliphatic carbocycles. The van der Waals surface area contributed by atoms with Gasteiger partial charge in [-0.25, -0.2) is 0 Å². The molecule has 2 rings (SSSR count). The Morgan fingerprint density at radius 3 is 2.68 bits per heavy atom. The van der Waals surface area contributed by atoms with Crippen molar-refractivity contribution in [2.75, 3.05) is 7.11 Å². The highest BCUT2D eigenvalue weighted by Gasteiger charge is 2.22. The Morgan fingerprint density at radius 1 is 1.27 bits per heavy atom. The van der Waals surface area contributed by atoms with Crippen LogP contribution in [0.15, 0.2) is 18.2 Å². The summed E-state index contributed by atoms with van der Waals surface area (Å²) in [4.78, 5) is 23.7. The first-order valence-corrected chi connectivity index (χ1v) is 7.87. The maximum Gasteiger partial charge on any atom is 0.310 e. The van der Waals surface area contributed by atoms with Crippen LogP contribution in [0.4, 0.5) is 0 Å². The van der Waals surface area contributed by atoms with Crippen LogP contribution < -0.4 is 4.74 Å². The summed E-state index contributed by atoms with van der Waals surface area (Å²) >= 11 is 0. The van der Waals surface area contributed by atoms with Crippen LogP contribution in [0, 0.1) is 5.92 Å². The number of methoxy groups -OCH3 is 1. The van der Waals surface area contributed by atoms with E-state index in [0.717, 1.165) is 19.3 Å². The van der Waals surface area contributed by atoms with Gasteiger partial charge in [0.2, 0.25) is 0 Å². The van der Waals surface area contributed by atoms with E-state index in [0.29, 0.717) is 22.8 Å². The van der Waals surface area contributed by atoms with E-state index in [9.17, 15) is 9.59 Å². The van der Waals surface area contributed by atoms with E-state index in [1.165, 1.54) is 13.3 Å². The summed E-state index contributed by atoms with van der Waals surface area (Å²) < 4.78 is 10.9. The predicted molar refractivity (Wildman–Crippen MR) is 84.2 cm³/mol. The number of Topliss-reactive ketones (excluding diaryl/α,β-unsaturated/α-hetero) is 1. The van der Waals surface area contributed by atoms with E-state index in [-0.39, 0.29) is 24.3 Å². The Kier molecular flexibility index (Phi) is 5.58. The maximum absolute atomic E-state index is 12.2. The highest BCUT2D eigenvalue weighted by atomic mass is 16.5. The number of ether oxygens (including phenoxy) is 2. The molecule has 0 amide bonds. The molecule has 0 aliphatic heterocycles. The van der Waals surface area contributed by atoms with Gasteiger partial charge in [-0.1, -0.05) is 13.3 Å². The lowest BCUT2D eigenvalue weighted by atomic mass is 9.89. The van der Waals surface area contributed by atoms with Crippen molar-refractivity contribution in [3.63, 3.8) is 0 Å². The SMILES string of the molecule is COc1ccc(C(C)=O)cc1CC(=O)OC1CCCC(C)C1. The Hall–Kier alpha value is -1.84. The van der Waals surface area contributed by atoms with Crippen molar-refractivity contribution in [3.8, 4) is 5.75 Å². The van der Waals surface area contributed by atoms with Gasteiger partial charge in [-0.05, 0) is 50.3 Å². The van der Waals surface area contributed by atoms with E-state index < -0.39 is 0 Å². The van der Waals surface area contributed by atoms with Crippen LogP contribution in [-0.4, -0.2) is 25.0 Å². The van der Waals surface area contributed by atoms with Crippen molar-refractivity contribution < 1.29 is 19.1 Å². The average molecular weight is 304 g/mol. The molecule has 1 fully saturated rings. The summed E-state index contributed by atoms with van der Waals surface area (Å²) in [6, 6.07) is 5.15. The topological polar surface area (TPSA) is 52.6 Å². The van der Waals surface area contributed by atoms with Crippen LogP contribution in [0.25, 0.3) is 0 Å². The summed E-state index contributed by atoms with van der Waals surface area (Å²) in [6.07, 6.45) is 4.37. The fourth-order valence-electron chi connectivity index (χ4n) is 3.00. The molecule has 0 heterocycles. The molecule has 2 atom stereocenters. The quantitative estimate of drug-likeness (QED) is 0.616. The lowest BCUT2D eigenvalue weighted by Gasteiger charge is -2.26. The Bertz CT molecular complexity index is 550. The summed E-state index contributed by atoms with van der Waals surface area (Å²) in [5, 5.41) is 0. The van der Waals surface area contributed by atoms with Crippen LogP contribution in [0.1, 0.15) is 55.5 Å². The second-order valence-corrected chi connectivity index (χ2v) is 6.14. The summed E-state index contributed by atoms with van der Waals surface area (Å²) in [7, 11) is 1.56. The largest absolute Gasteiger partial charge is 0.496 e. The lowest BCUT2D eigenvalue weighted by Crippen LogP contribution is -2.25. The number of carbonyl (C=O) groups is 2. The molecule has 0 bridgehead atoms. The minimum atomic E-state index is -0.252.